The Balaban J connectivity index is 1.15. The van der Waals surface area contributed by atoms with E-state index in [-0.39, 0.29) is 70.6 Å². The molecule has 0 aliphatic rings. The second-order valence-electron chi connectivity index (χ2n) is 17.4. The lowest BCUT2D eigenvalue weighted by Gasteiger charge is -2.20. The Labute approximate surface area is 415 Å². The van der Waals surface area contributed by atoms with Crippen LogP contribution in [-0.4, -0.2) is 67.3 Å². The van der Waals surface area contributed by atoms with Crippen LogP contribution in [0.5, 0.6) is 46.3 Å². The van der Waals surface area contributed by atoms with Crippen molar-refractivity contribution in [1.82, 2.24) is 39.9 Å². The molecule has 2 N–H and O–H groups in total. The summed E-state index contributed by atoms with van der Waals surface area (Å²) >= 11 is 2.70. The van der Waals surface area contributed by atoms with E-state index >= 15 is 0 Å². The molecule has 0 saturated carbocycles. The fourth-order valence-corrected chi connectivity index (χ4v) is 7.82. The van der Waals surface area contributed by atoms with Crippen LogP contribution < -0.4 is 37.9 Å². The molecule has 4 aromatic heterocycles. The van der Waals surface area contributed by atoms with Crippen molar-refractivity contribution in [3.8, 4) is 69.6 Å². The molecule has 18 heteroatoms. The van der Waals surface area contributed by atoms with Crippen LogP contribution in [0.15, 0.2) is 144 Å². The van der Waals surface area contributed by atoms with Crippen LogP contribution in [0.4, 0.5) is 11.6 Å². The van der Waals surface area contributed by atoms with Gasteiger partial charge in [0, 0.05) is 34.6 Å². The van der Waals surface area contributed by atoms with Gasteiger partial charge in [0.2, 0.25) is 23.1 Å². The molecule has 0 unspecified atom stereocenters. The number of hydrogen-bond acceptors (Lipinski definition) is 18. The molecular weight excluding hydrogens is 925 g/mol. The number of anilines is 2. The van der Waals surface area contributed by atoms with E-state index in [9.17, 15) is 0 Å². The Morgan fingerprint density at radius 2 is 0.786 bits per heavy atom. The summed E-state index contributed by atoms with van der Waals surface area (Å²) in [7, 11) is 3.13. The largest absolute Gasteiger partial charge is 0.493 e. The average molecular weight is 977 g/mol. The Hall–Kier alpha value is -7.70. The predicted octanol–water partition coefficient (Wildman–Crippen LogP) is 12.1. The molecule has 0 aliphatic carbocycles. The van der Waals surface area contributed by atoms with Crippen LogP contribution in [0.2, 0.25) is 0 Å². The maximum absolute atomic E-state index is 6.59. The van der Waals surface area contributed by atoms with E-state index in [0.717, 1.165) is 9.79 Å². The Bertz CT molecular complexity index is 2790. The van der Waals surface area contributed by atoms with Crippen LogP contribution >= 0.6 is 23.9 Å². The van der Waals surface area contributed by atoms with Gasteiger partial charge < -0.3 is 37.9 Å². The van der Waals surface area contributed by atoms with Gasteiger partial charge in [0.25, 0.3) is 11.8 Å². The number of methoxy groups -OCH3 is 2. The summed E-state index contributed by atoms with van der Waals surface area (Å²) in [4.78, 5) is 39.0. The quantitative estimate of drug-likeness (QED) is 0.0576. The zero-order chi connectivity index (χ0) is 49.1. The summed E-state index contributed by atoms with van der Waals surface area (Å²) < 4.78 is 44.3. The van der Waals surface area contributed by atoms with Crippen molar-refractivity contribution < 1.29 is 28.4 Å². The van der Waals surface area contributed by atoms with Crippen molar-refractivity contribution in [2.45, 2.75) is 62.2 Å². The number of hydrogen-bond donors (Lipinski definition) is 2. The summed E-state index contributed by atoms with van der Waals surface area (Å²) in [5.41, 5.74) is 2.40. The van der Waals surface area contributed by atoms with Crippen molar-refractivity contribution in [3.63, 3.8) is 0 Å². The summed E-state index contributed by atoms with van der Waals surface area (Å²) in [6.07, 6.45) is 6.46. The molecule has 0 fully saturated rings. The lowest BCUT2D eigenvalue weighted by atomic mass is 9.87. The first-order chi connectivity index (χ1) is 33.9. The van der Waals surface area contributed by atoms with Crippen LogP contribution in [0.3, 0.4) is 0 Å². The highest BCUT2D eigenvalue weighted by Gasteiger charge is 2.25. The van der Waals surface area contributed by atoms with Crippen molar-refractivity contribution in [3.05, 3.63) is 145 Å². The molecule has 16 nitrogen and oxygen atoms in total. The molecule has 0 radical (unpaired) electrons. The first-order valence-corrected chi connectivity index (χ1v) is 23.8. The molecule has 0 atom stereocenters. The molecule has 4 heterocycles. The smallest absolute Gasteiger partial charge is 0.264 e. The Kier molecular flexibility index (Phi) is 15.4. The third-order valence-electron chi connectivity index (χ3n) is 10.3. The Morgan fingerprint density at radius 1 is 0.429 bits per heavy atom. The van der Waals surface area contributed by atoms with Gasteiger partial charge >= 0.3 is 0 Å². The van der Waals surface area contributed by atoms with Crippen molar-refractivity contribution in [2.24, 2.45) is 0 Å². The van der Waals surface area contributed by atoms with E-state index in [4.69, 9.17) is 48.4 Å². The van der Waals surface area contributed by atoms with Gasteiger partial charge in [0.05, 0.1) is 14.2 Å². The number of aromatic nitrogens is 8. The minimum atomic E-state index is -0.0673. The lowest BCUT2D eigenvalue weighted by molar-refractivity contribution is 0.198. The molecule has 8 rings (SSSR count). The fraction of sp³-hybridized carbons (Fsp3) is 0.231. The molecule has 4 aromatic carbocycles. The minimum Gasteiger partial charge on any atom is -0.493 e. The van der Waals surface area contributed by atoms with Crippen molar-refractivity contribution in [1.29, 1.82) is 0 Å². The average Bonchev–Trinajstić information content (AvgIpc) is 3.37. The van der Waals surface area contributed by atoms with Crippen LogP contribution in [0.1, 0.15) is 52.7 Å². The first-order valence-electron chi connectivity index (χ1n) is 22.2. The van der Waals surface area contributed by atoms with Crippen LogP contribution in [0.25, 0.3) is 23.3 Å². The Morgan fingerprint density at radius 3 is 1.13 bits per heavy atom. The van der Waals surface area contributed by atoms with Gasteiger partial charge in [0.1, 0.15) is 13.2 Å². The zero-order valence-electron chi connectivity index (χ0n) is 40.0. The fourth-order valence-electron chi connectivity index (χ4n) is 6.57. The summed E-state index contributed by atoms with van der Waals surface area (Å²) in [5, 5.41) is 0. The normalized spacial score (nSPS) is 11.4. The minimum absolute atomic E-state index is 0.00666. The third kappa shape index (κ3) is 12.3. The highest BCUT2D eigenvalue weighted by atomic mass is 32.2. The van der Waals surface area contributed by atoms with Crippen molar-refractivity contribution in [2.75, 3.05) is 36.9 Å². The van der Waals surface area contributed by atoms with Gasteiger partial charge in [-0.1, -0.05) is 90.1 Å². The molecular formula is C52H52N10O6S2. The van der Waals surface area contributed by atoms with E-state index < -0.39 is 0 Å². The number of rotatable bonds is 19. The topological polar surface area (TPSA) is 183 Å². The predicted molar refractivity (Wildman–Crippen MR) is 272 cm³/mol. The molecule has 358 valence electrons. The molecule has 0 amide bonds. The molecule has 0 bridgehead atoms. The van der Waals surface area contributed by atoms with Gasteiger partial charge in [0.15, 0.2) is 46.3 Å². The number of nitrogens with zero attached hydrogens (tertiary/aromatic N) is 8. The number of benzene rings is 4. The highest BCUT2D eigenvalue weighted by molar-refractivity contribution is 8.00. The lowest BCUT2D eigenvalue weighted by Crippen LogP contribution is -2.14. The van der Waals surface area contributed by atoms with Crippen molar-refractivity contribution >= 4 is 35.5 Å². The maximum atomic E-state index is 6.59. The van der Waals surface area contributed by atoms with Gasteiger partial charge in [-0.15, -0.1) is 0 Å². The standard InChI is InChI=1S/C52H52N10O6S2/c1-51(2,3)33-19-23-35(24-20-33)69-61-43-41(67-39-17-11-9-15-37(39)63-7)49(59-47(57-43)45-53-27-13-28-54-45)65-31-32-66-50-42(68-40-18-12-10-16-38(40)64-8)44(58-48(60-50)46-55-29-14-30-56-46)62-70-36-25-21-34(22-26-36)52(4,5)6/h9-30H,31-32H2,1-8H3,(H,57,59,61)(H,58,60,62). The second kappa shape index (κ2) is 22.2. The van der Waals surface area contributed by atoms with E-state index in [0.29, 0.717) is 34.6 Å². The molecule has 0 saturated heterocycles. The van der Waals surface area contributed by atoms with Gasteiger partial charge in [-0.05, 0) is 107 Å². The number of para-hydroxylation sites is 4. The van der Waals surface area contributed by atoms with Gasteiger partial charge in [-0.3, -0.25) is 0 Å². The molecule has 0 spiro atoms. The summed E-state index contributed by atoms with van der Waals surface area (Å²) in [5.74, 6) is 3.76. The number of nitrogens with one attached hydrogen (secondary N) is 2. The summed E-state index contributed by atoms with van der Waals surface area (Å²) in [6, 6.07) is 34.6. The van der Waals surface area contributed by atoms with E-state index in [1.54, 1.807) is 75.4 Å². The summed E-state index contributed by atoms with van der Waals surface area (Å²) in [6.45, 7) is 12.9. The first kappa shape index (κ1) is 48.7. The van der Waals surface area contributed by atoms with E-state index in [1.807, 2.05) is 48.5 Å². The van der Waals surface area contributed by atoms with Gasteiger partial charge in [-0.2, -0.15) is 9.97 Å². The molecule has 0 aliphatic heterocycles. The highest BCUT2D eigenvalue weighted by Crippen LogP contribution is 2.44. The van der Waals surface area contributed by atoms with E-state index in [2.05, 4.69) is 95.2 Å². The van der Waals surface area contributed by atoms with E-state index in [1.165, 1.54) is 35.0 Å². The monoisotopic (exact) mass is 976 g/mol. The maximum Gasteiger partial charge on any atom is 0.264 e. The molecule has 8 aromatic rings. The van der Waals surface area contributed by atoms with Crippen LogP contribution in [-0.2, 0) is 10.8 Å². The SMILES string of the molecule is COc1ccccc1Oc1c(NSc2ccc(C(C)(C)C)cc2)nc(-c2ncccn2)nc1OCCOc1nc(-c2ncccn2)nc(NSc2ccc(C(C)(C)C)cc2)c1Oc1ccccc1OC. The zero-order valence-corrected chi connectivity index (χ0v) is 41.6. The second-order valence-corrected chi connectivity index (χ2v) is 19.1. The van der Waals surface area contributed by atoms with Gasteiger partial charge in [-0.25, -0.2) is 29.9 Å². The molecule has 70 heavy (non-hydrogen) atoms. The van der Waals surface area contributed by atoms with Crippen LogP contribution in [0, 0.1) is 0 Å². The third-order valence-corrected chi connectivity index (χ3v) is 11.9. The number of ether oxygens (including phenoxy) is 6.